The average Bonchev–Trinajstić information content (AvgIpc) is 2.87. The number of fused-ring (bicyclic) bond motifs is 1. The molecule has 3 aromatic rings. The zero-order valence-electron chi connectivity index (χ0n) is 10.1. The van der Waals surface area contributed by atoms with E-state index in [0.29, 0.717) is 10.9 Å². The van der Waals surface area contributed by atoms with Crippen molar-refractivity contribution in [3.8, 4) is 11.4 Å². The Kier molecular flexibility index (Phi) is 4.08. The summed E-state index contributed by atoms with van der Waals surface area (Å²) in [5.41, 5.74) is 1.58. The SMILES string of the molecule is CSc1nc(-c2cn(SI)c3ncncc23)ncc1F. The van der Waals surface area contributed by atoms with E-state index >= 15 is 0 Å². The minimum absolute atomic E-state index is 0.329. The molecule has 0 aliphatic heterocycles. The van der Waals surface area contributed by atoms with Gasteiger partial charge in [-0.3, -0.25) is 3.97 Å². The molecule has 3 rings (SSSR count). The zero-order valence-corrected chi connectivity index (χ0v) is 13.9. The summed E-state index contributed by atoms with van der Waals surface area (Å²) in [6.07, 6.45) is 8.06. The molecule has 3 aromatic heterocycles. The Morgan fingerprint density at radius 3 is 2.90 bits per heavy atom. The molecule has 0 fully saturated rings. The maximum absolute atomic E-state index is 13.5. The van der Waals surface area contributed by atoms with Crippen LogP contribution in [0.2, 0.25) is 0 Å². The topological polar surface area (TPSA) is 56.5 Å². The van der Waals surface area contributed by atoms with Gasteiger partial charge in [0.2, 0.25) is 0 Å². The molecule has 0 aromatic carbocycles. The molecule has 102 valence electrons. The summed E-state index contributed by atoms with van der Waals surface area (Å²) >= 11 is 3.42. The summed E-state index contributed by atoms with van der Waals surface area (Å²) in [6, 6.07) is 0. The third-order valence-corrected chi connectivity index (χ3v) is 5.03. The monoisotopic (exact) mass is 419 g/mol. The Labute approximate surface area is 134 Å². The lowest BCUT2D eigenvalue weighted by Gasteiger charge is -2.01. The molecule has 0 N–H and O–H groups in total. The summed E-state index contributed by atoms with van der Waals surface area (Å²) in [7, 11) is 1.49. The lowest BCUT2D eigenvalue weighted by molar-refractivity contribution is 0.580. The third-order valence-electron chi connectivity index (χ3n) is 2.66. The van der Waals surface area contributed by atoms with Crippen LogP contribution in [0.5, 0.6) is 0 Å². The molecule has 3 heterocycles. The molecule has 0 aliphatic carbocycles. The molecular formula is C11H7FIN5S2. The fraction of sp³-hybridized carbons (Fsp3) is 0.0909. The van der Waals surface area contributed by atoms with Gasteiger partial charge in [-0.15, -0.1) is 11.8 Å². The summed E-state index contributed by atoms with van der Waals surface area (Å²) in [6.45, 7) is 0. The predicted octanol–water partition coefficient (Wildman–Crippen LogP) is 3.60. The van der Waals surface area contributed by atoms with Crippen LogP contribution < -0.4 is 0 Å². The second-order valence-electron chi connectivity index (χ2n) is 3.75. The molecule has 5 nitrogen and oxygen atoms in total. The highest BCUT2D eigenvalue weighted by atomic mass is 127. The quantitative estimate of drug-likeness (QED) is 0.368. The van der Waals surface area contributed by atoms with Crippen molar-refractivity contribution in [1.82, 2.24) is 23.9 Å². The fourth-order valence-corrected chi connectivity index (χ4v) is 3.47. The van der Waals surface area contributed by atoms with E-state index in [-0.39, 0.29) is 0 Å². The summed E-state index contributed by atoms with van der Waals surface area (Å²) in [5, 5.41) is 1.17. The van der Waals surface area contributed by atoms with Crippen molar-refractivity contribution in [3.05, 3.63) is 30.7 Å². The highest BCUT2D eigenvalue weighted by Crippen LogP contribution is 2.32. The number of halogens is 2. The van der Waals surface area contributed by atoms with Crippen LogP contribution in [-0.2, 0) is 0 Å². The zero-order chi connectivity index (χ0) is 14.1. The van der Waals surface area contributed by atoms with Gasteiger partial charge in [0.05, 0.1) is 6.20 Å². The predicted molar refractivity (Wildman–Crippen MR) is 87.3 cm³/mol. The smallest absolute Gasteiger partial charge is 0.173 e. The molecule has 0 unspecified atom stereocenters. The number of rotatable bonds is 3. The molecule has 0 spiro atoms. The first-order chi connectivity index (χ1) is 9.74. The van der Waals surface area contributed by atoms with E-state index in [4.69, 9.17) is 0 Å². The summed E-state index contributed by atoms with van der Waals surface area (Å²) in [5.74, 6) is 0.0595. The van der Waals surface area contributed by atoms with Gasteiger partial charge >= 0.3 is 0 Å². The molecule has 20 heavy (non-hydrogen) atoms. The van der Waals surface area contributed by atoms with E-state index < -0.39 is 5.82 Å². The normalized spacial score (nSPS) is 11.2. The van der Waals surface area contributed by atoms with Crippen molar-refractivity contribution in [2.24, 2.45) is 0 Å². The first-order valence-electron chi connectivity index (χ1n) is 5.41. The van der Waals surface area contributed by atoms with Crippen molar-refractivity contribution in [3.63, 3.8) is 0 Å². The van der Waals surface area contributed by atoms with E-state index in [2.05, 4.69) is 41.1 Å². The molecule has 0 saturated carbocycles. The third kappa shape index (κ3) is 2.37. The lowest BCUT2D eigenvalue weighted by Crippen LogP contribution is -1.93. The Morgan fingerprint density at radius 2 is 2.15 bits per heavy atom. The second kappa shape index (κ2) is 5.82. The maximum atomic E-state index is 13.5. The second-order valence-corrected chi connectivity index (χ2v) is 6.26. The average molecular weight is 419 g/mol. The first kappa shape index (κ1) is 14.0. The van der Waals surface area contributed by atoms with Crippen LogP contribution in [0.3, 0.4) is 0 Å². The van der Waals surface area contributed by atoms with Crippen LogP contribution in [0.1, 0.15) is 0 Å². The van der Waals surface area contributed by atoms with Crippen LogP contribution in [0.25, 0.3) is 22.4 Å². The van der Waals surface area contributed by atoms with Gasteiger partial charge < -0.3 is 0 Å². The van der Waals surface area contributed by atoms with E-state index in [1.807, 2.05) is 10.2 Å². The van der Waals surface area contributed by atoms with Crippen LogP contribution in [0, 0.1) is 5.82 Å². The minimum atomic E-state index is -0.412. The van der Waals surface area contributed by atoms with E-state index in [1.54, 1.807) is 12.5 Å². The highest BCUT2D eigenvalue weighted by Gasteiger charge is 2.15. The number of thioether (sulfide) groups is 1. The van der Waals surface area contributed by atoms with Gasteiger partial charge in [0.15, 0.2) is 17.3 Å². The minimum Gasteiger partial charge on any atom is -0.265 e. The van der Waals surface area contributed by atoms with E-state index in [0.717, 1.165) is 16.6 Å². The van der Waals surface area contributed by atoms with Crippen molar-refractivity contribution in [2.45, 2.75) is 5.03 Å². The fourth-order valence-electron chi connectivity index (χ4n) is 1.79. The molecule has 0 radical (unpaired) electrons. The molecule has 0 atom stereocenters. The van der Waals surface area contributed by atoms with Gasteiger partial charge in [0, 0.05) is 53.7 Å². The van der Waals surface area contributed by atoms with Crippen LogP contribution >= 0.6 is 42.1 Å². The molecule has 0 saturated heterocycles. The van der Waals surface area contributed by atoms with Crippen molar-refractivity contribution < 1.29 is 4.39 Å². The number of nitrogens with zero attached hydrogens (tertiary/aromatic N) is 5. The van der Waals surface area contributed by atoms with Crippen LogP contribution in [0.15, 0.2) is 29.9 Å². The summed E-state index contributed by atoms with van der Waals surface area (Å²) in [4.78, 5) is 16.6. The number of hydrogen-bond donors (Lipinski definition) is 0. The molecule has 0 aliphatic rings. The van der Waals surface area contributed by atoms with Gasteiger partial charge in [-0.25, -0.2) is 24.3 Å². The maximum Gasteiger partial charge on any atom is 0.173 e. The van der Waals surface area contributed by atoms with Gasteiger partial charge in [-0.2, -0.15) is 0 Å². The Balaban J connectivity index is 2.24. The summed E-state index contributed by atoms with van der Waals surface area (Å²) < 4.78 is 15.4. The van der Waals surface area contributed by atoms with Gasteiger partial charge in [0.25, 0.3) is 0 Å². The largest absolute Gasteiger partial charge is 0.265 e. The Hall–Kier alpha value is -0.940. The van der Waals surface area contributed by atoms with Gasteiger partial charge in [0.1, 0.15) is 11.4 Å². The van der Waals surface area contributed by atoms with Crippen LogP contribution in [0.4, 0.5) is 4.39 Å². The first-order valence-corrected chi connectivity index (χ1v) is 9.95. The highest BCUT2D eigenvalue weighted by molar-refractivity contribution is 14.2. The molecule has 9 heteroatoms. The Morgan fingerprint density at radius 1 is 1.30 bits per heavy atom. The molecule has 0 amide bonds. The Bertz CT molecular complexity index is 779. The van der Waals surface area contributed by atoms with Gasteiger partial charge in [-0.1, -0.05) is 0 Å². The van der Waals surface area contributed by atoms with Crippen molar-refractivity contribution in [1.29, 1.82) is 0 Å². The lowest BCUT2D eigenvalue weighted by atomic mass is 10.2. The van der Waals surface area contributed by atoms with Crippen molar-refractivity contribution in [2.75, 3.05) is 6.26 Å². The standard InChI is InChI=1S/C11H7FIN5S2/c1-19-11-8(12)3-15-9(17-11)7-4-18(20-13)10-6(7)2-14-5-16-10/h2-5H,1H3. The van der Waals surface area contributed by atoms with E-state index in [9.17, 15) is 4.39 Å². The molecule has 0 bridgehead atoms. The van der Waals surface area contributed by atoms with Crippen molar-refractivity contribution >= 4 is 53.1 Å². The van der Waals surface area contributed by atoms with E-state index in [1.165, 1.54) is 33.4 Å². The number of hydrogen-bond acceptors (Lipinski definition) is 6. The van der Waals surface area contributed by atoms with Crippen LogP contribution in [-0.4, -0.2) is 30.2 Å². The number of aromatic nitrogens is 5. The molecular weight excluding hydrogens is 412 g/mol. The van der Waals surface area contributed by atoms with Gasteiger partial charge in [-0.05, 0) is 6.26 Å².